The summed E-state index contributed by atoms with van der Waals surface area (Å²) in [6, 6.07) is 12.5. The Morgan fingerprint density at radius 3 is 2.48 bits per heavy atom. The summed E-state index contributed by atoms with van der Waals surface area (Å²) in [7, 11) is 5.69. The highest BCUT2D eigenvalue weighted by atomic mass is 16.5. The van der Waals surface area contributed by atoms with Gasteiger partial charge in [-0.1, -0.05) is 19.1 Å². The van der Waals surface area contributed by atoms with E-state index in [2.05, 4.69) is 35.4 Å². The van der Waals surface area contributed by atoms with E-state index >= 15 is 0 Å². The van der Waals surface area contributed by atoms with Crippen LogP contribution < -0.4 is 15.0 Å². The van der Waals surface area contributed by atoms with Gasteiger partial charge in [-0.15, -0.1) is 0 Å². The van der Waals surface area contributed by atoms with Crippen molar-refractivity contribution in [3.63, 3.8) is 0 Å². The van der Waals surface area contributed by atoms with E-state index in [-0.39, 0.29) is 6.04 Å². The molecule has 0 spiro atoms. The van der Waals surface area contributed by atoms with Crippen LogP contribution in [0.15, 0.2) is 42.6 Å². The molecule has 112 valence electrons. The standard InChI is InChI=1S/C17H23N3O/c1-5-15(13-8-10-14(21-4)11-9-13)19-16-7-6-12-18-17(16)20(2)3/h6-12,15,19H,5H2,1-4H3. The third-order valence-corrected chi connectivity index (χ3v) is 3.47. The normalized spacial score (nSPS) is 11.8. The SMILES string of the molecule is CCC(Nc1cccnc1N(C)C)c1ccc(OC)cc1. The number of aromatic nitrogens is 1. The topological polar surface area (TPSA) is 37.4 Å². The van der Waals surface area contributed by atoms with Crippen molar-refractivity contribution in [1.29, 1.82) is 0 Å². The van der Waals surface area contributed by atoms with Crippen LogP contribution in [-0.2, 0) is 0 Å². The molecule has 1 N–H and O–H groups in total. The molecule has 1 aromatic carbocycles. The summed E-state index contributed by atoms with van der Waals surface area (Å²) in [4.78, 5) is 6.45. The predicted octanol–water partition coefficient (Wildman–Crippen LogP) is 3.72. The Morgan fingerprint density at radius 2 is 1.90 bits per heavy atom. The summed E-state index contributed by atoms with van der Waals surface area (Å²) >= 11 is 0. The second-order valence-electron chi connectivity index (χ2n) is 5.15. The number of hydrogen-bond acceptors (Lipinski definition) is 4. The van der Waals surface area contributed by atoms with Gasteiger partial charge in [0.2, 0.25) is 0 Å². The molecule has 2 aromatic rings. The minimum atomic E-state index is 0.249. The monoisotopic (exact) mass is 285 g/mol. The Balaban J connectivity index is 2.22. The van der Waals surface area contributed by atoms with Gasteiger partial charge in [0, 0.05) is 20.3 Å². The Morgan fingerprint density at radius 1 is 1.19 bits per heavy atom. The van der Waals surface area contributed by atoms with Crippen LogP contribution in [0, 0.1) is 0 Å². The van der Waals surface area contributed by atoms with E-state index in [0.29, 0.717) is 0 Å². The van der Waals surface area contributed by atoms with Crippen LogP contribution in [0.25, 0.3) is 0 Å². The van der Waals surface area contributed by atoms with Crippen LogP contribution >= 0.6 is 0 Å². The molecule has 1 unspecified atom stereocenters. The fourth-order valence-electron chi connectivity index (χ4n) is 2.31. The number of rotatable bonds is 6. The van der Waals surface area contributed by atoms with E-state index in [4.69, 9.17) is 4.74 Å². The zero-order valence-corrected chi connectivity index (χ0v) is 13.1. The fourth-order valence-corrected chi connectivity index (χ4v) is 2.31. The maximum Gasteiger partial charge on any atom is 0.151 e. The largest absolute Gasteiger partial charge is 0.497 e. The van der Waals surface area contributed by atoms with E-state index in [0.717, 1.165) is 23.7 Å². The molecule has 0 aliphatic heterocycles. The van der Waals surface area contributed by atoms with Crippen molar-refractivity contribution in [2.75, 3.05) is 31.4 Å². The number of benzene rings is 1. The van der Waals surface area contributed by atoms with Gasteiger partial charge in [0.25, 0.3) is 0 Å². The fraction of sp³-hybridized carbons (Fsp3) is 0.353. The zero-order chi connectivity index (χ0) is 15.2. The molecule has 0 amide bonds. The van der Waals surface area contributed by atoms with Gasteiger partial charge >= 0.3 is 0 Å². The lowest BCUT2D eigenvalue weighted by molar-refractivity contribution is 0.414. The van der Waals surface area contributed by atoms with E-state index in [1.807, 2.05) is 43.4 Å². The smallest absolute Gasteiger partial charge is 0.151 e. The number of nitrogens with zero attached hydrogens (tertiary/aromatic N) is 2. The highest BCUT2D eigenvalue weighted by Gasteiger charge is 2.12. The number of anilines is 2. The molecule has 0 radical (unpaired) electrons. The maximum absolute atomic E-state index is 5.21. The van der Waals surface area contributed by atoms with Crippen molar-refractivity contribution in [1.82, 2.24) is 4.98 Å². The molecule has 0 saturated carbocycles. The van der Waals surface area contributed by atoms with Gasteiger partial charge < -0.3 is 15.0 Å². The number of hydrogen-bond donors (Lipinski definition) is 1. The molecule has 0 saturated heterocycles. The van der Waals surface area contributed by atoms with Gasteiger partial charge in [0.15, 0.2) is 5.82 Å². The van der Waals surface area contributed by atoms with Crippen molar-refractivity contribution in [2.24, 2.45) is 0 Å². The summed E-state index contributed by atoms with van der Waals surface area (Å²) in [5, 5.41) is 3.59. The Bertz CT molecular complexity index is 567. The van der Waals surface area contributed by atoms with Gasteiger partial charge in [0.1, 0.15) is 5.75 Å². The first-order valence-electron chi connectivity index (χ1n) is 7.18. The lowest BCUT2D eigenvalue weighted by atomic mass is 10.0. The van der Waals surface area contributed by atoms with Crippen LogP contribution in [0.5, 0.6) is 5.75 Å². The summed E-state index contributed by atoms with van der Waals surface area (Å²) in [5.41, 5.74) is 2.29. The lowest BCUT2D eigenvalue weighted by Crippen LogP contribution is -2.16. The highest BCUT2D eigenvalue weighted by molar-refractivity contribution is 5.65. The molecular formula is C17H23N3O. The molecule has 1 atom stereocenters. The van der Waals surface area contributed by atoms with Gasteiger partial charge in [0.05, 0.1) is 18.8 Å². The van der Waals surface area contributed by atoms with Gasteiger partial charge in [-0.25, -0.2) is 4.98 Å². The second-order valence-corrected chi connectivity index (χ2v) is 5.15. The first-order chi connectivity index (χ1) is 10.2. The van der Waals surface area contributed by atoms with Crippen molar-refractivity contribution >= 4 is 11.5 Å². The van der Waals surface area contributed by atoms with Gasteiger partial charge in [-0.2, -0.15) is 0 Å². The molecule has 4 nitrogen and oxygen atoms in total. The minimum Gasteiger partial charge on any atom is -0.497 e. The molecule has 0 aliphatic carbocycles. The summed E-state index contributed by atoms with van der Waals surface area (Å²) in [6.45, 7) is 2.17. The molecular weight excluding hydrogens is 262 g/mol. The Kier molecular flexibility index (Phi) is 5.04. The lowest BCUT2D eigenvalue weighted by Gasteiger charge is -2.23. The summed E-state index contributed by atoms with van der Waals surface area (Å²) in [6.07, 6.45) is 2.81. The van der Waals surface area contributed by atoms with Crippen LogP contribution in [0.4, 0.5) is 11.5 Å². The molecule has 0 bridgehead atoms. The predicted molar refractivity (Wildman–Crippen MR) is 88.2 cm³/mol. The Labute approximate surface area is 126 Å². The number of pyridine rings is 1. The van der Waals surface area contributed by atoms with Gasteiger partial charge in [-0.3, -0.25) is 0 Å². The van der Waals surface area contributed by atoms with Crippen LogP contribution in [-0.4, -0.2) is 26.2 Å². The third kappa shape index (κ3) is 3.66. The highest BCUT2D eigenvalue weighted by Crippen LogP contribution is 2.28. The third-order valence-electron chi connectivity index (χ3n) is 3.47. The first kappa shape index (κ1) is 15.2. The quantitative estimate of drug-likeness (QED) is 0.877. The molecule has 21 heavy (non-hydrogen) atoms. The number of methoxy groups -OCH3 is 1. The van der Waals surface area contributed by atoms with Crippen molar-refractivity contribution in [2.45, 2.75) is 19.4 Å². The number of ether oxygens (including phenoxy) is 1. The Hall–Kier alpha value is -2.23. The van der Waals surface area contributed by atoms with Crippen LogP contribution in [0.2, 0.25) is 0 Å². The molecule has 4 heteroatoms. The van der Waals surface area contributed by atoms with E-state index in [1.54, 1.807) is 7.11 Å². The van der Waals surface area contributed by atoms with Gasteiger partial charge in [-0.05, 0) is 36.2 Å². The average molecular weight is 285 g/mol. The van der Waals surface area contributed by atoms with E-state index in [9.17, 15) is 0 Å². The average Bonchev–Trinajstić information content (AvgIpc) is 2.53. The van der Waals surface area contributed by atoms with E-state index < -0.39 is 0 Å². The van der Waals surface area contributed by atoms with Crippen molar-refractivity contribution in [3.05, 3.63) is 48.2 Å². The molecule has 0 aliphatic rings. The second kappa shape index (κ2) is 6.97. The zero-order valence-electron chi connectivity index (χ0n) is 13.1. The van der Waals surface area contributed by atoms with Crippen LogP contribution in [0.3, 0.4) is 0 Å². The van der Waals surface area contributed by atoms with Crippen molar-refractivity contribution in [3.8, 4) is 5.75 Å². The minimum absolute atomic E-state index is 0.249. The summed E-state index contributed by atoms with van der Waals surface area (Å²) < 4.78 is 5.21. The molecule has 1 aromatic heterocycles. The van der Waals surface area contributed by atoms with Crippen LogP contribution in [0.1, 0.15) is 24.9 Å². The maximum atomic E-state index is 5.21. The molecule has 1 heterocycles. The van der Waals surface area contributed by atoms with Crippen molar-refractivity contribution < 1.29 is 4.74 Å². The summed E-state index contributed by atoms with van der Waals surface area (Å²) in [5.74, 6) is 1.83. The van der Waals surface area contributed by atoms with E-state index in [1.165, 1.54) is 5.56 Å². The molecule has 0 fully saturated rings. The molecule has 2 rings (SSSR count). The number of nitrogens with one attached hydrogen (secondary N) is 1. The first-order valence-corrected chi connectivity index (χ1v) is 7.18.